The van der Waals surface area contributed by atoms with Gasteiger partial charge in [0.05, 0.1) is 12.3 Å². The Balaban J connectivity index is 1.83. The molecule has 1 aromatic carbocycles. The van der Waals surface area contributed by atoms with E-state index in [4.69, 9.17) is 21.4 Å². The highest BCUT2D eigenvalue weighted by Gasteiger charge is 2.16. The van der Waals surface area contributed by atoms with Gasteiger partial charge in [-0.25, -0.2) is 9.37 Å². The first-order chi connectivity index (χ1) is 17.8. The van der Waals surface area contributed by atoms with E-state index in [2.05, 4.69) is 30.7 Å². The van der Waals surface area contributed by atoms with Crippen molar-refractivity contribution in [3.8, 4) is 17.1 Å². The summed E-state index contributed by atoms with van der Waals surface area (Å²) in [6, 6.07) is 8.89. The van der Waals surface area contributed by atoms with E-state index in [-0.39, 0.29) is 29.7 Å². The Morgan fingerprint density at radius 1 is 1.19 bits per heavy atom. The van der Waals surface area contributed by atoms with Gasteiger partial charge in [-0.3, -0.25) is 4.79 Å². The molecular formula is C25H30ClFN6O4. The van der Waals surface area contributed by atoms with Gasteiger partial charge in [0.1, 0.15) is 30.0 Å². The zero-order chi connectivity index (χ0) is 26.8. The van der Waals surface area contributed by atoms with Gasteiger partial charge in [0.25, 0.3) is 5.88 Å². The van der Waals surface area contributed by atoms with Crippen LogP contribution in [0, 0.1) is 5.82 Å². The highest BCUT2D eigenvalue weighted by molar-refractivity contribution is 6.30. The van der Waals surface area contributed by atoms with E-state index in [1.54, 1.807) is 12.1 Å². The van der Waals surface area contributed by atoms with Gasteiger partial charge in [-0.05, 0) is 43.4 Å². The SMILES string of the molecule is CCN(CC)CCC(=O)Nc1cc(Nc2cc(-c3cc(Cl)ccc3F)nnc2OCC(O)CO)ccn1. The third-order valence-corrected chi connectivity index (χ3v) is 5.68. The van der Waals surface area contributed by atoms with Gasteiger partial charge in [0, 0.05) is 41.5 Å². The maximum absolute atomic E-state index is 14.5. The van der Waals surface area contributed by atoms with Crippen LogP contribution in [0.1, 0.15) is 20.3 Å². The molecule has 10 nitrogen and oxygen atoms in total. The Labute approximate surface area is 219 Å². The number of carbonyl (C=O) groups excluding carboxylic acids is 1. The maximum Gasteiger partial charge on any atom is 0.257 e. The molecule has 0 spiro atoms. The third kappa shape index (κ3) is 8.32. The Kier molecular flexibility index (Phi) is 10.5. The number of pyridine rings is 1. The van der Waals surface area contributed by atoms with Crippen LogP contribution in [0.4, 0.5) is 21.6 Å². The number of anilines is 3. The summed E-state index contributed by atoms with van der Waals surface area (Å²) in [7, 11) is 0. The predicted octanol–water partition coefficient (Wildman–Crippen LogP) is 3.48. The van der Waals surface area contributed by atoms with Crippen LogP contribution in [0.15, 0.2) is 42.6 Å². The monoisotopic (exact) mass is 532 g/mol. The molecule has 12 heteroatoms. The summed E-state index contributed by atoms with van der Waals surface area (Å²) in [4.78, 5) is 18.7. The number of rotatable bonds is 13. The van der Waals surface area contributed by atoms with E-state index < -0.39 is 18.5 Å². The van der Waals surface area contributed by atoms with Crippen LogP contribution in [0.25, 0.3) is 11.3 Å². The van der Waals surface area contributed by atoms with Crippen LogP contribution in [0.2, 0.25) is 5.02 Å². The van der Waals surface area contributed by atoms with Gasteiger partial charge in [-0.1, -0.05) is 25.4 Å². The largest absolute Gasteiger partial charge is 0.472 e. The highest BCUT2D eigenvalue weighted by atomic mass is 35.5. The molecule has 0 saturated heterocycles. The van der Waals surface area contributed by atoms with E-state index in [1.807, 2.05) is 13.8 Å². The number of nitrogens with zero attached hydrogens (tertiary/aromatic N) is 4. The number of aliphatic hydroxyl groups is 2. The van der Waals surface area contributed by atoms with Crippen molar-refractivity contribution in [3.63, 3.8) is 0 Å². The number of carbonyl (C=O) groups is 1. The first-order valence-corrected chi connectivity index (χ1v) is 12.2. The number of ether oxygens (including phenoxy) is 1. The molecule has 4 N–H and O–H groups in total. The number of amides is 1. The molecular weight excluding hydrogens is 503 g/mol. The predicted molar refractivity (Wildman–Crippen MR) is 140 cm³/mol. The average Bonchev–Trinajstić information content (AvgIpc) is 2.90. The molecule has 0 aliphatic rings. The number of hydrogen-bond donors (Lipinski definition) is 4. The summed E-state index contributed by atoms with van der Waals surface area (Å²) in [6.45, 7) is 5.72. The second kappa shape index (κ2) is 13.8. The fourth-order valence-corrected chi connectivity index (χ4v) is 3.54. The fourth-order valence-electron chi connectivity index (χ4n) is 3.37. The van der Waals surface area contributed by atoms with Gasteiger partial charge in [-0.2, -0.15) is 0 Å². The summed E-state index contributed by atoms with van der Waals surface area (Å²) in [5.74, 6) is -0.341. The van der Waals surface area contributed by atoms with Crippen LogP contribution < -0.4 is 15.4 Å². The lowest BCUT2D eigenvalue weighted by molar-refractivity contribution is -0.116. The molecule has 1 unspecified atom stereocenters. The van der Waals surface area contributed by atoms with Crippen molar-refractivity contribution >= 4 is 34.7 Å². The average molecular weight is 533 g/mol. The van der Waals surface area contributed by atoms with Gasteiger partial charge >= 0.3 is 0 Å². The normalized spacial score (nSPS) is 11.9. The number of halogens is 2. The van der Waals surface area contributed by atoms with Gasteiger partial charge in [0.15, 0.2) is 0 Å². The number of aromatic nitrogens is 3. The molecule has 0 radical (unpaired) electrons. The van der Waals surface area contributed by atoms with E-state index in [0.29, 0.717) is 35.2 Å². The van der Waals surface area contributed by atoms with Crippen molar-refractivity contribution < 1.29 is 24.1 Å². The van der Waals surface area contributed by atoms with Gasteiger partial charge < -0.3 is 30.5 Å². The highest BCUT2D eigenvalue weighted by Crippen LogP contribution is 2.32. The van der Waals surface area contributed by atoms with E-state index >= 15 is 0 Å². The molecule has 0 bridgehead atoms. The van der Waals surface area contributed by atoms with Gasteiger partial charge in [-0.15, -0.1) is 10.2 Å². The summed E-state index contributed by atoms with van der Waals surface area (Å²) in [5, 5.41) is 33.0. The first-order valence-electron chi connectivity index (χ1n) is 11.8. The van der Waals surface area contributed by atoms with Crippen molar-refractivity contribution in [2.45, 2.75) is 26.4 Å². The van der Waals surface area contributed by atoms with Crippen LogP contribution in [-0.2, 0) is 4.79 Å². The number of benzene rings is 1. The summed E-state index contributed by atoms with van der Waals surface area (Å²) >= 11 is 6.03. The molecule has 1 atom stereocenters. The zero-order valence-electron chi connectivity index (χ0n) is 20.6. The molecule has 0 aliphatic heterocycles. The lowest BCUT2D eigenvalue weighted by atomic mass is 10.1. The lowest BCUT2D eigenvalue weighted by Gasteiger charge is -2.17. The smallest absolute Gasteiger partial charge is 0.257 e. The Hall–Kier alpha value is -3.38. The van der Waals surface area contributed by atoms with Crippen molar-refractivity contribution in [2.24, 2.45) is 0 Å². The topological polar surface area (TPSA) is 133 Å². The maximum atomic E-state index is 14.5. The summed E-state index contributed by atoms with van der Waals surface area (Å²) in [6.07, 6.45) is 0.721. The Bertz CT molecular complexity index is 1200. The molecule has 198 valence electrons. The molecule has 1 amide bonds. The second-order valence-electron chi connectivity index (χ2n) is 8.10. The van der Waals surface area contributed by atoms with Gasteiger partial charge in [0.2, 0.25) is 5.91 Å². The van der Waals surface area contributed by atoms with Crippen molar-refractivity contribution in [3.05, 3.63) is 53.4 Å². The van der Waals surface area contributed by atoms with Crippen LogP contribution in [0.3, 0.4) is 0 Å². The minimum absolute atomic E-state index is 0.0142. The second-order valence-corrected chi connectivity index (χ2v) is 8.54. The summed E-state index contributed by atoms with van der Waals surface area (Å²) < 4.78 is 20.0. The molecule has 3 rings (SSSR count). The molecule has 3 aromatic rings. The van der Waals surface area contributed by atoms with Crippen molar-refractivity contribution in [1.82, 2.24) is 20.1 Å². The van der Waals surface area contributed by atoms with Crippen molar-refractivity contribution in [1.29, 1.82) is 0 Å². The lowest BCUT2D eigenvalue weighted by Crippen LogP contribution is -2.27. The number of aliphatic hydroxyl groups excluding tert-OH is 2. The van der Waals surface area contributed by atoms with Crippen molar-refractivity contribution in [2.75, 3.05) is 43.5 Å². The van der Waals surface area contributed by atoms with Crippen LogP contribution in [-0.4, -0.2) is 75.2 Å². The molecule has 37 heavy (non-hydrogen) atoms. The fraction of sp³-hybridized carbons (Fsp3) is 0.360. The zero-order valence-corrected chi connectivity index (χ0v) is 21.4. The summed E-state index contributed by atoms with van der Waals surface area (Å²) in [5.41, 5.74) is 1.17. The third-order valence-electron chi connectivity index (χ3n) is 5.44. The van der Waals surface area contributed by atoms with E-state index in [0.717, 1.165) is 13.1 Å². The van der Waals surface area contributed by atoms with Crippen LogP contribution >= 0.6 is 11.6 Å². The minimum Gasteiger partial charge on any atom is -0.472 e. The van der Waals surface area contributed by atoms with E-state index in [1.165, 1.54) is 30.5 Å². The minimum atomic E-state index is -1.13. The molecule has 2 aromatic heterocycles. The quantitative estimate of drug-likeness (QED) is 0.261. The molecule has 2 heterocycles. The first kappa shape index (κ1) is 28.2. The molecule has 0 saturated carbocycles. The standard InChI is InChI=1S/C25H30ClFN6O4/c1-3-33(4-2)10-8-24(36)30-23-12-17(7-9-28-23)29-22-13-21(19-11-16(26)5-6-20(19)27)31-32-25(22)37-15-18(35)14-34/h5-7,9,11-13,18,34-35H,3-4,8,10,14-15H2,1-2H3,(H2,28,29,30,31,36). The molecule has 0 aliphatic carbocycles. The molecule has 0 fully saturated rings. The Morgan fingerprint density at radius 3 is 2.70 bits per heavy atom. The number of nitrogens with one attached hydrogen (secondary N) is 2. The van der Waals surface area contributed by atoms with Crippen LogP contribution in [0.5, 0.6) is 5.88 Å². The van der Waals surface area contributed by atoms with E-state index in [9.17, 15) is 14.3 Å². The number of hydrogen-bond acceptors (Lipinski definition) is 9. The Morgan fingerprint density at radius 2 is 1.97 bits per heavy atom.